The number of nitrogens with zero attached hydrogens (tertiary/aromatic N) is 2. The molecule has 0 N–H and O–H groups in total. The number of hydrogen-bond acceptors (Lipinski definition) is 3. The molecule has 0 bridgehead atoms. The van der Waals surface area contributed by atoms with Gasteiger partial charge in [-0.05, 0) is 0 Å². The molecule has 0 spiro atoms. The summed E-state index contributed by atoms with van der Waals surface area (Å²) >= 11 is 1.58. The minimum atomic E-state index is 0.658. The van der Waals surface area contributed by atoms with Gasteiger partial charge in [0.25, 0.3) is 0 Å². The first-order valence-corrected chi connectivity index (χ1v) is 3.92. The number of hydrogen-bond donors (Lipinski definition) is 0. The van der Waals surface area contributed by atoms with Crippen molar-refractivity contribution in [3.05, 3.63) is 12.4 Å². The van der Waals surface area contributed by atoms with Crippen LogP contribution in [0.2, 0.25) is 0 Å². The summed E-state index contributed by atoms with van der Waals surface area (Å²) in [5.74, 6) is 0.658. The van der Waals surface area contributed by atoms with E-state index in [1.54, 1.807) is 25.1 Å². The van der Waals surface area contributed by atoms with Gasteiger partial charge in [0.2, 0.25) is 0 Å². The molecule has 0 aliphatic heterocycles. The Labute approximate surface area is 64.4 Å². The lowest BCUT2D eigenvalue weighted by molar-refractivity contribution is 0.258. The summed E-state index contributed by atoms with van der Waals surface area (Å²) in [5, 5.41) is 0.988. The molecule has 56 valence electrons. The van der Waals surface area contributed by atoms with Crippen LogP contribution in [0, 0.1) is 0 Å². The van der Waals surface area contributed by atoms with Crippen LogP contribution in [-0.2, 0) is 11.8 Å². The molecule has 3 nitrogen and oxygen atoms in total. The van der Waals surface area contributed by atoms with Gasteiger partial charge in [-0.1, -0.05) is 11.8 Å². The molecule has 0 fully saturated rings. The predicted molar refractivity (Wildman–Crippen MR) is 40.9 cm³/mol. The van der Waals surface area contributed by atoms with Crippen molar-refractivity contribution in [2.75, 3.05) is 13.0 Å². The molecule has 4 heteroatoms. The van der Waals surface area contributed by atoms with Gasteiger partial charge in [0.15, 0.2) is 5.16 Å². The van der Waals surface area contributed by atoms with Gasteiger partial charge in [-0.2, -0.15) is 0 Å². The first-order chi connectivity index (χ1) is 4.84. The van der Waals surface area contributed by atoms with Gasteiger partial charge in [-0.25, -0.2) is 4.98 Å². The van der Waals surface area contributed by atoms with E-state index in [-0.39, 0.29) is 0 Å². The van der Waals surface area contributed by atoms with Crippen LogP contribution in [0.1, 0.15) is 0 Å². The lowest BCUT2D eigenvalue weighted by atomic mass is 10.9. The maximum atomic E-state index is 4.88. The summed E-state index contributed by atoms with van der Waals surface area (Å²) in [6.07, 6.45) is 3.69. The summed E-state index contributed by atoms with van der Waals surface area (Å²) in [6.45, 7) is 0. The molecule has 0 radical (unpaired) electrons. The molecule has 1 rings (SSSR count). The number of imidazole rings is 1. The van der Waals surface area contributed by atoms with Gasteiger partial charge in [0.1, 0.15) is 0 Å². The third-order valence-electron chi connectivity index (χ3n) is 1.08. The third-order valence-corrected chi connectivity index (χ3v) is 2.09. The van der Waals surface area contributed by atoms with Crippen molar-refractivity contribution < 1.29 is 4.74 Å². The van der Waals surface area contributed by atoms with E-state index in [4.69, 9.17) is 4.74 Å². The summed E-state index contributed by atoms with van der Waals surface area (Å²) in [4.78, 5) is 4.10. The highest BCUT2D eigenvalue weighted by atomic mass is 32.2. The molecular weight excluding hydrogens is 148 g/mol. The normalized spacial score (nSPS) is 10.2. The maximum absolute atomic E-state index is 4.88. The molecule has 1 aromatic heterocycles. The van der Waals surface area contributed by atoms with Crippen LogP contribution >= 0.6 is 11.8 Å². The van der Waals surface area contributed by atoms with E-state index < -0.39 is 0 Å². The highest BCUT2D eigenvalue weighted by Crippen LogP contribution is 2.13. The van der Waals surface area contributed by atoms with Crippen LogP contribution < -0.4 is 0 Å². The Morgan fingerprint density at radius 3 is 3.10 bits per heavy atom. The molecular formula is C6H10N2OS. The molecule has 0 saturated heterocycles. The van der Waals surface area contributed by atoms with Gasteiger partial charge >= 0.3 is 0 Å². The van der Waals surface area contributed by atoms with Crippen molar-refractivity contribution in [1.29, 1.82) is 0 Å². The lowest BCUT2D eigenvalue weighted by Crippen LogP contribution is -1.90. The fraction of sp³-hybridized carbons (Fsp3) is 0.500. The van der Waals surface area contributed by atoms with E-state index in [2.05, 4.69) is 4.98 Å². The second kappa shape index (κ2) is 3.63. The lowest BCUT2D eigenvalue weighted by Gasteiger charge is -1.98. The van der Waals surface area contributed by atoms with Gasteiger partial charge in [0.05, 0.1) is 5.94 Å². The van der Waals surface area contributed by atoms with Crippen molar-refractivity contribution in [1.82, 2.24) is 9.55 Å². The second-order valence-corrected chi connectivity index (χ2v) is 2.76. The van der Waals surface area contributed by atoms with Gasteiger partial charge < -0.3 is 9.30 Å². The van der Waals surface area contributed by atoms with Crippen LogP contribution in [0.5, 0.6) is 0 Å². The molecule has 0 aliphatic rings. The molecule has 10 heavy (non-hydrogen) atoms. The zero-order valence-corrected chi connectivity index (χ0v) is 6.89. The van der Waals surface area contributed by atoms with E-state index in [9.17, 15) is 0 Å². The minimum absolute atomic E-state index is 0.658. The number of rotatable bonds is 3. The molecule has 0 amide bonds. The standard InChI is InChI=1S/C6H10N2OS/c1-8-4-3-7-6(8)10-5-9-2/h3-4H,5H2,1-2H3. The Balaban J connectivity index is 2.49. The Bertz CT molecular complexity index is 199. The van der Waals surface area contributed by atoms with Crippen molar-refractivity contribution in [2.45, 2.75) is 5.16 Å². The molecule has 0 unspecified atom stereocenters. The molecule has 1 heterocycles. The topological polar surface area (TPSA) is 27.1 Å². The SMILES string of the molecule is COCSc1nccn1C. The number of thioether (sulfide) groups is 1. The number of aromatic nitrogens is 2. The van der Waals surface area contributed by atoms with Crippen LogP contribution in [-0.4, -0.2) is 22.6 Å². The van der Waals surface area contributed by atoms with Gasteiger partial charge in [0, 0.05) is 26.6 Å². The Kier molecular flexibility index (Phi) is 2.77. The average Bonchev–Trinajstić information content (AvgIpc) is 2.31. The molecule has 0 saturated carbocycles. The largest absolute Gasteiger partial charge is 0.374 e. The van der Waals surface area contributed by atoms with Gasteiger partial charge in [-0.15, -0.1) is 0 Å². The van der Waals surface area contributed by atoms with Crippen LogP contribution in [0.3, 0.4) is 0 Å². The van der Waals surface area contributed by atoms with Crippen molar-refractivity contribution in [2.24, 2.45) is 7.05 Å². The predicted octanol–water partition coefficient (Wildman–Crippen LogP) is 1.12. The zero-order chi connectivity index (χ0) is 7.40. The van der Waals surface area contributed by atoms with Crippen LogP contribution in [0.15, 0.2) is 17.6 Å². The zero-order valence-electron chi connectivity index (χ0n) is 6.07. The highest BCUT2D eigenvalue weighted by Gasteiger charge is 1.96. The van der Waals surface area contributed by atoms with Crippen molar-refractivity contribution in [3.8, 4) is 0 Å². The van der Waals surface area contributed by atoms with E-state index >= 15 is 0 Å². The highest BCUT2D eigenvalue weighted by molar-refractivity contribution is 7.99. The average molecular weight is 158 g/mol. The third kappa shape index (κ3) is 1.75. The first kappa shape index (κ1) is 7.63. The minimum Gasteiger partial charge on any atom is -0.374 e. The number of methoxy groups -OCH3 is 1. The van der Waals surface area contributed by atoms with Crippen LogP contribution in [0.25, 0.3) is 0 Å². The quantitative estimate of drug-likeness (QED) is 0.487. The van der Waals surface area contributed by atoms with E-state index in [0.29, 0.717) is 5.94 Å². The summed E-state index contributed by atoms with van der Waals surface area (Å²) in [7, 11) is 3.64. The van der Waals surface area contributed by atoms with E-state index in [0.717, 1.165) is 5.16 Å². The molecule has 0 atom stereocenters. The van der Waals surface area contributed by atoms with Crippen LogP contribution in [0.4, 0.5) is 0 Å². The summed E-state index contributed by atoms with van der Waals surface area (Å²) in [5.41, 5.74) is 0. The van der Waals surface area contributed by atoms with Crippen molar-refractivity contribution in [3.63, 3.8) is 0 Å². The second-order valence-electron chi connectivity index (χ2n) is 1.87. The maximum Gasteiger partial charge on any atom is 0.169 e. The summed E-state index contributed by atoms with van der Waals surface area (Å²) < 4.78 is 6.84. The molecule has 0 aliphatic carbocycles. The van der Waals surface area contributed by atoms with Gasteiger partial charge in [-0.3, -0.25) is 0 Å². The summed E-state index contributed by atoms with van der Waals surface area (Å²) in [6, 6.07) is 0. The molecule has 0 aromatic carbocycles. The number of ether oxygens (including phenoxy) is 1. The fourth-order valence-corrected chi connectivity index (χ4v) is 1.23. The Morgan fingerprint density at radius 2 is 2.60 bits per heavy atom. The van der Waals surface area contributed by atoms with Crippen molar-refractivity contribution >= 4 is 11.8 Å². The molecule has 1 aromatic rings. The fourth-order valence-electron chi connectivity index (χ4n) is 0.603. The Hall–Kier alpha value is -0.480. The van der Waals surface area contributed by atoms with E-state index in [1.165, 1.54) is 0 Å². The smallest absolute Gasteiger partial charge is 0.169 e. The first-order valence-electron chi connectivity index (χ1n) is 2.93. The van der Waals surface area contributed by atoms with E-state index in [1.807, 2.05) is 17.8 Å². The number of aryl methyl sites for hydroxylation is 1. The monoisotopic (exact) mass is 158 g/mol. The Morgan fingerprint density at radius 1 is 1.80 bits per heavy atom.